The van der Waals surface area contributed by atoms with Crippen LogP contribution in [-0.2, 0) is 0 Å². The number of rotatable bonds is 3. The monoisotopic (exact) mass is 349 g/mol. The number of aromatic nitrogens is 4. The van der Waals surface area contributed by atoms with Crippen LogP contribution in [-0.4, -0.2) is 25.5 Å². The summed E-state index contributed by atoms with van der Waals surface area (Å²) in [6.07, 6.45) is 3.19. The number of anilines is 1. The van der Waals surface area contributed by atoms with Crippen LogP contribution in [0.3, 0.4) is 0 Å². The molecule has 7 heteroatoms. The van der Waals surface area contributed by atoms with Crippen LogP contribution < -0.4 is 5.32 Å². The van der Waals surface area contributed by atoms with Gasteiger partial charge in [0.25, 0.3) is 5.91 Å². The normalized spacial score (nSPS) is 11.0. The van der Waals surface area contributed by atoms with Gasteiger partial charge in [0, 0.05) is 11.4 Å². The lowest BCUT2D eigenvalue weighted by Crippen LogP contribution is -2.12. The number of nitrogens with one attached hydrogen (secondary N) is 1. The van der Waals surface area contributed by atoms with Gasteiger partial charge >= 0.3 is 0 Å². The predicted molar refractivity (Wildman–Crippen MR) is 98.0 cm³/mol. The number of hydrogen-bond acceptors (Lipinski definition) is 5. The molecule has 0 fully saturated rings. The summed E-state index contributed by atoms with van der Waals surface area (Å²) >= 11 is 1.63. The molecule has 4 aromatic heterocycles. The molecular formula is C18H15N5OS. The Morgan fingerprint density at radius 2 is 2.08 bits per heavy atom. The molecule has 124 valence electrons. The highest BCUT2D eigenvalue weighted by Crippen LogP contribution is 2.23. The van der Waals surface area contributed by atoms with Crippen molar-refractivity contribution in [3.05, 3.63) is 65.1 Å². The predicted octanol–water partition coefficient (Wildman–Crippen LogP) is 3.72. The minimum atomic E-state index is -0.252. The summed E-state index contributed by atoms with van der Waals surface area (Å²) in [5, 5.41) is 9.11. The Morgan fingerprint density at radius 3 is 2.80 bits per heavy atom. The second kappa shape index (κ2) is 6.10. The van der Waals surface area contributed by atoms with Gasteiger partial charge in [-0.2, -0.15) is 5.10 Å². The summed E-state index contributed by atoms with van der Waals surface area (Å²) in [5.41, 5.74) is 4.29. The molecule has 0 unspecified atom stereocenters. The first-order chi connectivity index (χ1) is 12.1. The number of thiophene rings is 1. The Hall–Kier alpha value is -3.06. The third kappa shape index (κ3) is 2.89. The minimum absolute atomic E-state index is 0.252. The average molecular weight is 349 g/mol. The van der Waals surface area contributed by atoms with Crippen LogP contribution >= 0.6 is 11.3 Å². The lowest BCUT2D eigenvalue weighted by Gasteiger charge is -2.05. The minimum Gasteiger partial charge on any atom is -0.320 e. The van der Waals surface area contributed by atoms with Crippen molar-refractivity contribution >= 4 is 28.6 Å². The standard InChI is InChI=1S/C18H15N5OS/c1-11-8-12(2)23-17(21-11)14(10-20-23)18(24)22-13-5-6-15(19-9-13)16-4-3-7-25-16/h3-10H,1-2H3,(H,22,24). The third-order valence-electron chi connectivity index (χ3n) is 3.82. The topological polar surface area (TPSA) is 72.2 Å². The number of pyridine rings is 1. The molecule has 0 bridgehead atoms. The first-order valence-electron chi connectivity index (χ1n) is 7.75. The van der Waals surface area contributed by atoms with E-state index in [0.717, 1.165) is 22.0 Å². The zero-order valence-electron chi connectivity index (χ0n) is 13.7. The molecule has 0 aliphatic rings. The van der Waals surface area contributed by atoms with Crippen molar-refractivity contribution < 1.29 is 4.79 Å². The summed E-state index contributed by atoms with van der Waals surface area (Å²) in [7, 11) is 0. The molecule has 0 aromatic carbocycles. The Bertz CT molecular complexity index is 1050. The van der Waals surface area contributed by atoms with E-state index >= 15 is 0 Å². The van der Waals surface area contributed by atoms with Crippen LogP contribution in [0.4, 0.5) is 5.69 Å². The fraction of sp³-hybridized carbons (Fsp3) is 0.111. The lowest BCUT2D eigenvalue weighted by molar-refractivity contribution is 0.102. The van der Waals surface area contributed by atoms with E-state index in [-0.39, 0.29) is 5.91 Å². The lowest BCUT2D eigenvalue weighted by atomic mass is 10.2. The van der Waals surface area contributed by atoms with E-state index in [1.54, 1.807) is 22.0 Å². The van der Waals surface area contributed by atoms with Crippen LogP contribution in [0.25, 0.3) is 16.2 Å². The molecular weight excluding hydrogens is 334 g/mol. The Morgan fingerprint density at radius 1 is 1.20 bits per heavy atom. The van der Waals surface area contributed by atoms with Crippen molar-refractivity contribution in [2.45, 2.75) is 13.8 Å². The molecule has 4 rings (SSSR count). The van der Waals surface area contributed by atoms with Gasteiger partial charge in [-0.3, -0.25) is 9.78 Å². The molecule has 0 atom stereocenters. The quantitative estimate of drug-likeness (QED) is 0.612. The van der Waals surface area contributed by atoms with Crippen molar-refractivity contribution in [2.24, 2.45) is 0 Å². The molecule has 0 spiro atoms. The van der Waals surface area contributed by atoms with Gasteiger partial charge < -0.3 is 5.32 Å². The summed E-state index contributed by atoms with van der Waals surface area (Å²) in [6.45, 7) is 3.83. The molecule has 4 heterocycles. The highest BCUT2D eigenvalue weighted by molar-refractivity contribution is 7.13. The maximum atomic E-state index is 12.6. The van der Waals surface area contributed by atoms with Gasteiger partial charge in [-0.05, 0) is 43.5 Å². The number of fused-ring (bicyclic) bond motifs is 1. The summed E-state index contributed by atoms with van der Waals surface area (Å²) < 4.78 is 1.67. The second-order valence-corrected chi connectivity index (χ2v) is 6.64. The molecule has 1 amide bonds. The zero-order chi connectivity index (χ0) is 17.4. The van der Waals surface area contributed by atoms with E-state index in [0.29, 0.717) is 16.9 Å². The van der Waals surface area contributed by atoms with Gasteiger partial charge in [-0.15, -0.1) is 11.3 Å². The molecule has 0 saturated carbocycles. The highest BCUT2D eigenvalue weighted by Gasteiger charge is 2.16. The maximum absolute atomic E-state index is 12.6. The van der Waals surface area contributed by atoms with Crippen molar-refractivity contribution in [1.82, 2.24) is 19.6 Å². The van der Waals surface area contributed by atoms with E-state index in [1.807, 2.05) is 49.6 Å². The van der Waals surface area contributed by atoms with E-state index in [4.69, 9.17) is 0 Å². The number of hydrogen-bond donors (Lipinski definition) is 1. The Balaban J connectivity index is 1.60. The van der Waals surface area contributed by atoms with Crippen molar-refractivity contribution in [2.75, 3.05) is 5.32 Å². The molecule has 1 N–H and O–H groups in total. The largest absolute Gasteiger partial charge is 0.320 e. The Kier molecular flexibility index (Phi) is 3.77. The van der Waals surface area contributed by atoms with Gasteiger partial charge in [0.15, 0.2) is 5.65 Å². The van der Waals surface area contributed by atoms with Crippen LogP contribution in [0.15, 0.2) is 48.1 Å². The maximum Gasteiger partial charge on any atom is 0.261 e. The van der Waals surface area contributed by atoms with Crippen LogP contribution in [0.1, 0.15) is 21.7 Å². The number of carbonyl (C=O) groups is 1. The first kappa shape index (κ1) is 15.5. The van der Waals surface area contributed by atoms with Crippen LogP contribution in [0.2, 0.25) is 0 Å². The van der Waals surface area contributed by atoms with E-state index in [1.165, 1.54) is 6.20 Å². The van der Waals surface area contributed by atoms with Crippen molar-refractivity contribution in [3.8, 4) is 10.6 Å². The molecule has 6 nitrogen and oxygen atoms in total. The van der Waals surface area contributed by atoms with Crippen molar-refractivity contribution in [1.29, 1.82) is 0 Å². The first-order valence-corrected chi connectivity index (χ1v) is 8.63. The third-order valence-corrected chi connectivity index (χ3v) is 4.71. The molecule has 25 heavy (non-hydrogen) atoms. The van der Waals surface area contributed by atoms with Gasteiger partial charge in [-0.25, -0.2) is 9.50 Å². The fourth-order valence-corrected chi connectivity index (χ4v) is 3.37. The molecule has 0 aliphatic heterocycles. The average Bonchev–Trinajstić information content (AvgIpc) is 3.25. The molecule has 4 aromatic rings. The number of amides is 1. The number of aryl methyl sites for hydroxylation is 2. The number of nitrogens with zero attached hydrogens (tertiary/aromatic N) is 4. The second-order valence-electron chi connectivity index (χ2n) is 5.70. The molecule has 0 radical (unpaired) electrons. The van der Waals surface area contributed by atoms with Crippen LogP contribution in [0.5, 0.6) is 0 Å². The van der Waals surface area contributed by atoms with E-state index in [9.17, 15) is 4.79 Å². The molecule has 0 saturated heterocycles. The van der Waals surface area contributed by atoms with Crippen LogP contribution in [0, 0.1) is 13.8 Å². The van der Waals surface area contributed by atoms with Gasteiger partial charge in [0.2, 0.25) is 0 Å². The summed E-state index contributed by atoms with van der Waals surface area (Å²) in [6, 6.07) is 9.66. The van der Waals surface area contributed by atoms with E-state index < -0.39 is 0 Å². The fourth-order valence-electron chi connectivity index (χ4n) is 2.67. The highest BCUT2D eigenvalue weighted by atomic mass is 32.1. The smallest absolute Gasteiger partial charge is 0.261 e. The van der Waals surface area contributed by atoms with Gasteiger partial charge in [-0.1, -0.05) is 6.07 Å². The summed E-state index contributed by atoms with van der Waals surface area (Å²) in [5.74, 6) is -0.252. The van der Waals surface area contributed by atoms with Crippen molar-refractivity contribution in [3.63, 3.8) is 0 Å². The SMILES string of the molecule is Cc1cc(C)n2ncc(C(=O)Nc3ccc(-c4cccs4)nc3)c2n1. The van der Waals surface area contributed by atoms with Gasteiger partial charge in [0.05, 0.1) is 28.7 Å². The zero-order valence-corrected chi connectivity index (χ0v) is 14.5. The van der Waals surface area contributed by atoms with E-state index in [2.05, 4.69) is 20.4 Å². The Labute approximate surface area is 148 Å². The summed E-state index contributed by atoms with van der Waals surface area (Å²) in [4.78, 5) is 22.5. The number of carbonyl (C=O) groups excluding carboxylic acids is 1. The molecule has 0 aliphatic carbocycles. The van der Waals surface area contributed by atoms with Gasteiger partial charge in [0.1, 0.15) is 5.56 Å².